The Labute approximate surface area is 83.8 Å². The standard InChI is InChI=1S/C5H5N5.H4NO3P/c6-5-7-1-3-4(10-5)9-2-8-3;1-5(2,3)4/h1-2H,(H3,6,7,8,9,10);(H4,1,2,3,4). The van der Waals surface area contributed by atoms with Gasteiger partial charge in [0.1, 0.15) is 5.52 Å². The number of hydrogen-bond donors (Lipinski definition) is 5. The number of anilines is 1. The molecule has 0 aliphatic heterocycles. The molecule has 2 aromatic heterocycles. The van der Waals surface area contributed by atoms with Gasteiger partial charge >= 0.3 is 7.75 Å². The van der Waals surface area contributed by atoms with Gasteiger partial charge in [-0.25, -0.2) is 20.0 Å². The van der Waals surface area contributed by atoms with Crippen LogP contribution in [0.4, 0.5) is 5.95 Å². The number of rotatable bonds is 0. The van der Waals surface area contributed by atoms with Crippen LogP contribution in [0.2, 0.25) is 0 Å². The van der Waals surface area contributed by atoms with Crippen LogP contribution in [0.15, 0.2) is 12.5 Å². The van der Waals surface area contributed by atoms with Crippen LogP contribution in [0.25, 0.3) is 11.2 Å². The van der Waals surface area contributed by atoms with Gasteiger partial charge in [-0.15, -0.1) is 0 Å². The van der Waals surface area contributed by atoms with Crippen LogP contribution in [0.1, 0.15) is 0 Å². The molecule has 0 aliphatic rings. The molecule has 0 saturated carbocycles. The zero-order valence-corrected chi connectivity index (χ0v) is 8.30. The Bertz CT molecular complexity index is 484. The van der Waals surface area contributed by atoms with Gasteiger partial charge in [-0.05, 0) is 0 Å². The summed E-state index contributed by atoms with van der Waals surface area (Å²) in [6.07, 6.45) is 3.16. The van der Waals surface area contributed by atoms with Crippen molar-refractivity contribution in [3.8, 4) is 0 Å². The molecule has 2 aromatic rings. The average Bonchev–Trinajstić information content (AvgIpc) is 2.47. The highest BCUT2D eigenvalue weighted by Crippen LogP contribution is 2.20. The van der Waals surface area contributed by atoms with Gasteiger partial charge in [-0.2, -0.15) is 4.98 Å². The third-order valence-electron chi connectivity index (χ3n) is 1.19. The summed E-state index contributed by atoms with van der Waals surface area (Å²) in [5.74, 6) is 0.250. The molecule has 0 fully saturated rings. The summed E-state index contributed by atoms with van der Waals surface area (Å²) in [6.45, 7) is 0. The summed E-state index contributed by atoms with van der Waals surface area (Å²) in [5.41, 5.74) is 10.7. The maximum Gasteiger partial charge on any atom is 0.397 e. The number of hydrogen-bond acceptors (Lipinski definition) is 5. The summed E-state index contributed by atoms with van der Waals surface area (Å²) in [4.78, 5) is 29.2. The van der Waals surface area contributed by atoms with E-state index in [1.54, 1.807) is 12.5 Å². The number of H-pyrrole nitrogens is 1. The van der Waals surface area contributed by atoms with Crippen molar-refractivity contribution in [2.75, 3.05) is 5.73 Å². The number of nitrogen functional groups attached to an aromatic ring is 1. The molecule has 15 heavy (non-hydrogen) atoms. The smallest absolute Gasteiger partial charge is 0.368 e. The van der Waals surface area contributed by atoms with Gasteiger partial charge in [-0.1, -0.05) is 0 Å². The number of nitrogens with zero attached hydrogens (tertiary/aromatic N) is 3. The summed E-state index contributed by atoms with van der Waals surface area (Å²) < 4.78 is 9.10. The van der Waals surface area contributed by atoms with E-state index in [9.17, 15) is 0 Å². The molecule has 0 unspecified atom stereocenters. The first-order chi connectivity index (χ1) is 6.86. The van der Waals surface area contributed by atoms with Crippen molar-refractivity contribution in [1.29, 1.82) is 0 Å². The topological polar surface area (TPSA) is 164 Å². The highest BCUT2D eigenvalue weighted by molar-refractivity contribution is 7.49. The van der Waals surface area contributed by atoms with E-state index in [-0.39, 0.29) is 5.95 Å². The average molecular weight is 232 g/mol. The van der Waals surface area contributed by atoms with Crippen molar-refractivity contribution in [3.05, 3.63) is 12.5 Å². The largest absolute Gasteiger partial charge is 0.397 e. The van der Waals surface area contributed by atoms with Gasteiger partial charge in [0.05, 0.1) is 12.5 Å². The molecular weight excluding hydrogens is 223 g/mol. The lowest BCUT2D eigenvalue weighted by Crippen LogP contribution is -1.93. The Morgan fingerprint density at radius 2 is 2.00 bits per heavy atom. The molecule has 0 aromatic carbocycles. The van der Waals surface area contributed by atoms with E-state index in [0.29, 0.717) is 5.65 Å². The van der Waals surface area contributed by atoms with E-state index in [1.165, 1.54) is 0 Å². The minimum absolute atomic E-state index is 0.250. The molecule has 10 heteroatoms. The second kappa shape index (κ2) is 4.32. The molecule has 0 atom stereocenters. The number of nitrogens with two attached hydrogens (primary N) is 2. The Kier molecular flexibility index (Phi) is 3.32. The predicted octanol–water partition coefficient (Wildman–Crippen LogP) is -1.03. The SMILES string of the molecule is NP(=O)(O)O.Nc1ncc2[nH]cnc2n1. The molecule has 0 aliphatic carbocycles. The van der Waals surface area contributed by atoms with E-state index >= 15 is 0 Å². The minimum Gasteiger partial charge on any atom is -0.368 e. The molecule has 0 amide bonds. The van der Waals surface area contributed by atoms with Gasteiger partial charge in [0.15, 0.2) is 5.65 Å². The van der Waals surface area contributed by atoms with Crippen molar-refractivity contribution < 1.29 is 14.4 Å². The van der Waals surface area contributed by atoms with Crippen LogP contribution in [0.5, 0.6) is 0 Å². The van der Waals surface area contributed by atoms with Crippen molar-refractivity contribution >= 4 is 24.9 Å². The fourth-order valence-electron chi connectivity index (χ4n) is 0.749. The molecule has 0 bridgehead atoms. The van der Waals surface area contributed by atoms with Crippen molar-refractivity contribution in [1.82, 2.24) is 19.9 Å². The number of aromatic amines is 1. The van der Waals surface area contributed by atoms with Crippen LogP contribution in [0, 0.1) is 0 Å². The lowest BCUT2D eigenvalue weighted by Gasteiger charge is -1.87. The normalized spacial score (nSPS) is 10.9. The Morgan fingerprint density at radius 1 is 1.40 bits per heavy atom. The van der Waals surface area contributed by atoms with Gasteiger partial charge in [0.25, 0.3) is 0 Å². The first-order valence-corrected chi connectivity index (χ1v) is 5.30. The van der Waals surface area contributed by atoms with Crippen molar-refractivity contribution in [3.63, 3.8) is 0 Å². The van der Waals surface area contributed by atoms with E-state index in [1.807, 2.05) is 0 Å². The number of fused-ring (bicyclic) bond motifs is 1. The molecule has 0 spiro atoms. The summed E-state index contributed by atoms with van der Waals surface area (Å²) >= 11 is 0. The van der Waals surface area contributed by atoms with Crippen molar-refractivity contribution in [2.45, 2.75) is 0 Å². The lowest BCUT2D eigenvalue weighted by atomic mass is 10.6. The van der Waals surface area contributed by atoms with Gasteiger partial charge in [-0.3, -0.25) is 0 Å². The summed E-state index contributed by atoms with van der Waals surface area (Å²) in [7, 11) is -4.14. The van der Waals surface area contributed by atoms with E-state index in [0.717, 1.165) is 5.52 Å². The molecule has 7 N–H and O–H groups in total. The van der Waals surface area contributed by atoms with Crippen LogP contribution in [0.3, 0.4) is 0 Å². The Hall–Kier alpha value is -1.54. The van der Waals surface area contributed by atoms with Crippen molar-refractivity contribution in [2.24, 2.45) is 5.50 Å². The Morgan fingerprint density at radius 3 is 2.60 bits per heavy atom. The zero-order chi connectivity index (χ0) is 11.5. The maximum absolute atomic E-state index is 9.10. The van der Waals surface area contributed by atoms with E-state index < -0.39 is 7.75 Å². The molecular formula is C5H9N6O3P. The summed E-state index contributed by atoms with van der Waals surface area (Å²) in [6, 6.07) is 0. The maximum atomic E-state index is 9.10. The third kappa shape index (κ3) is 4.47. The lowest BCUT2D eigenvalue weighted by molar-refractivity contribution is 0.374. The van der Waals surface area contributed by atoms with E-state index in [4.69, 9.17) is 20.1 Å². The minimum atomic E-state index is -4.14. The highest BCUT2D eigenvalue weighted by atomic mass is 31.2. The highest BCUT2D eigenvalue weighted by Gasteiger charge is 1.96. The van der Waals surface area contributed by atoms with E-state index in [2.05, 4.69) is 25.4 Å². The third-order valence-corrected chi connectivity index (χ3v) is 1.19. The second-order valence-corrected chi connectivity index (χ2v) is 3.64. The molecule has 2 rings (SSSR count). The zero-order valence-electron chi connectivity index (χ0n) is 7.40. The summed E-state index contributed by atoms with van der Waals surface area (Å²) in [5, 5.41) is 0. The predicted molar refractivity (Wildman–Crippen MR) is 52.3 cm³/mol. The molecule has 82 valence electrons. The molecule has 2 heterocycles. The van der Waals surface area contributed by atoms with Gasteiger partial charge < -0.3 is 20.5 Å². The van der Waals surface area contributed by atoms with Crippen LogP contribution in [-0.4, -0.2) is 29.7 Å². The second-order valence-electron chi connectivity index (χ2n) is 2.46. The molecule has 0 radical (unpaired) electrons. The van der Waals surface area contributed by atoms with Crippen LogP contribution < -0.4 is 11.2 Å². The first kappa shape index (κ1) is 11.5. The van der Waals surface area contributed by atoms with Crippen LogP contribution >= 0.6 is 7.75 Å². The first-order valence-electron chi connectivity index (χ1n) is 3.62. The number of nitrogens with one attached hydrogen (secondary N) is 1. The quantitative estimate of drug-likeness (QED) is 0.360. The Balaban J connectivity index is 0.000000195. The monoisotopic (exact) mass is 232 g/mol. The van der Waals surface area contributed by atoms with Crippen LogP contribution in [-0.2, 0) is 4.57 Å². The number of imidazole rings is 1. The molecule has 9 nitrogen and oxygen atoms in total. The molecule has 0 saturated heterocycles. The number of aromatic nitrogens is 4. The van der Waals surface area contributed by atoms with Gasteiger partial charge in [0, 0.05) is 0 Å². The fourth-order valence-corrected chi connectivity index (χ4v) is 0.749. The fraction of sp³-hybridized carbons (Fsp3) is 0. The van der Waals surface area contributed by atoms with Gasteiger partial charge in [0.2, 0.25) is 5.95 Å².